The van der Waals surface area contributed by atoms with Gasteiger partial charge in [0, 0.05) is 17.2 Å². The van der Waals surface area contributed by atoms with Crippen LogP contribution in [0.15, 0.2) is 89.9 Å². The van der Waals surface area contributed by atoms with Gasteiger partial charge in [0.25, 0.3) is 5.56 Å². The number of hydrogen-bond acceptors (Lipinski definition) is 6. The van der Waals surface area contributed by atoms with Gasteiger partial charge in [0.1, 0.15) is 22.7 Å². The number of hydrogen-bond donors (Lipinski definition) is 2. The van der Waals surface area contributed by atoms with Crippen molar-refractivity contribution >= 4 is 22.8 Å². The normalized spacial score (nSPS) is 12.6. The number of nitrogens with zero attached hydrogens (tertiary/aromatic N) is 5. The molecule has 0 bridgehead atoms. The van der Waals surface area contributed by atoms with E-state index in [1.165, 1.54) is 10.9 Å². The van der Waals surface area contributed by atoms with Crippen LogP contribution in [-0.2, 0) is 4.79 Å². The number of ether oxygens (including phenoxy) is 1. The van der Waals surface area contributed by atoms with Crippen LogP contribution in [0.1, 0.15) is 28.3 Å². The van der Waals surface area contributed by atoms with Crippen molar-refractivity contribution in [2.45, 2.75) is 19.8 Å². The van der Waals surface area contributed by atoms with Crippen molar-refractivity contribution in [1.29, 1.82) is 0 Å². The van der Waals surface area contributed by atoms with Gasteiger partial charge in [-0.15, -0.1) is 0 Å². The second-order valence-corrected chi connectivity index (χ2v) is 9.65. The zero-order valence-corrected chi connectivity index (χ0v) is 21.6. The number of aromatic nitrogens is 6. The maximum Gasteiger partial charge on any atom is 0.263 e. The minimum atomic E-state index is -0.609. The van der Waals surface area contributed by atoms with Crippen LogP contribution in [0, 0.1) is 13.8 Å². The molecule has 0 unspecified atom stereocenters. The minimum absolute atomic E-state index is 0.156. The third-order valence-corrected chi connectivity index (χ3v) is 6.99. The summed E-state index contributed by atoms with van der Waals surface area (Å²) in [6, 6.07) is 24.4. The van der Waals surface area contributed by atoms with E-state index in [0.717, 1.165) is 22.4 Å². The van der Waals surface area contributed by atoms with Crippen molar-refractivity contribution in [2.75, 3.05) is 5.32 Å². The monoisotopic (exact) mass is 529 g/mol. The number of carbonyl (C=O) groups excluding carboxylic acids is 1. The van der Waals surface area contributed by atoms with E-state index in [0.29, 0.717) is 34.0 Å². The zero-order chi connectivity index (χ0) is 27.4. The highest BCUT2D eigenvalue weighted by Gasteiger charge is 2.33. The molecule has 0 radical (unpaired) electrons. The van der Waals surface area contributed by atoms with Gasteiger partial charge in [0.15, 0.2) is 5.65 Å². The van der Waals surface area contributed by atoms with Crippen LogP contribution in [-0.4, -0.2) is 35.4 Å². The van der Waals surface area contributed by atoms with E-state index < -0.39 is 5.92 Å². The number of carbonyl (C=O) groups is 1. The molecule has 4 heterocycles. The van der Waals surface area contributed by atoms with Crippen molar-refractivity contribution in [3.63, 3.8) is 0 Å². The average molecular weight is 530 g/mol. The van der Waals surface area contributed by atoms with Crippen molar-refractivity contribution in [3.8, 4) is 23.1 Å². The Bertz CT molecular complexity index is 1960. The second-order valence-electron chi connectivity index (χ2n) is 9.65. The smallest absolute Gasteiger partial charge is 0.263 e. The van der Waals surface area contributed by atoms with E-state index >= 15 is 0 Å². The summed E-state index contributed by atoms with van der Waals surface area (Å²) in [5.41, 5.74) is 3.97. The van der Waals surface area contributed by atoms with E-state index in [-0.39, 0.29) is 17.4 Å². The summed E-state index contributed by atoms with van der Waals surface area (Å²) in [7, 11) is 0. The molecule has 6 aromatic rings. The van der Waals surface area contributed by atoms with Gasteiger partial charge < -0.3 is 10.1 Å². The van der Waals surface area contributed by atoms with Crippen LogP contribution >= 0.6 is 0 Å². The molecule has 40 heavy (non-hydrogen) atoms. The molecule has 0 saturated heterocycles. The van der Waals surface area contributed by atoms with E-state index in [2.05, 4.69) is 20.5 Å². The quantitative estimate of drug-likeness (QED) is 0.339. The number of rotatable bonds is 4. The summed E-state index contributed by atoms with van der Waals surface area (Å²) < 4.78 is 9.12. The van der Waals surface area contributed by atoms with Gasteiger partial charge in [-0.05, 0) is 37.6 Å². The lowest BCUT2D eigenvalue weighted by molar-refractivity contribution is -0.116. The first-order valence-electron chi connectivity index (χ1n) is 12.8. The number of nitrogens with one attached hydrogen (secondary N) is 2. The Morgan fingerprint density at radius 1 is 0.925 bits per heavy atom. The van der Waals surface area contributed by atoms with Crippen molar-refractivity contribution in [2.24, 2.45) is 0 Å². The zero-order valence-electron chi connectivity index (χ0n) is 21.6. The molecule has 1 amide bonds. The number of aromatic amines is 1. The lowest BCUT2D eigenvalue weighted by atomic mass is 9.87. The molecule has 2 N–H and O–H groups in total. The second kappa shape index (κ2) is 9.05. The molecule has 0 aliphatic carbocycles. The van der Waals surface area contributed by atoms with E-state index in [1.54, 1.807) is 17.7 Å². The number of anilines is 1. The first-order valence-corrected chi connectivity index (χ1v) is 12.8. The summed E-state index contributed by atoms with van der Waals surface area (Å²) in [4.78, 5) is 34.5. The van der Waals surface area contributed by atoms with Crippen LogP contribution in [0.5, 0.6) is 11.5 Å². The topological polar surface area (TPSA) is 120 Å². The number of fused-ring (bicyclic) bond motifs is 3. The average Bonchev–Trinajstić information content (AvgIpc) is 3.55. The predicted octanol–water partition coefficient (Wildman–Crippen LogP) is 4.79. The Kier molecular flexibility index (Phi) is 5.34. The van der Waals surface area contributed by atoms with Crippen LogP contribution in [0.3, 0.4) is 0 Å². The minimum Gasteiger partial charge on any atom is -0.457 e. The van der Waals surface area contributed by atoms with Gasteiger partial charge in [-0.2, -0.15) is 19.9 Å². The number of benzene rings is 3. The molecule has 0 spiro atoms. The van der Waals surface area contributed by atoms with Crippen LogP contribution < -0.4 is 15.6 Å². The fraction of sp³-hybridized carbons (Fsp3) is 0.100. The molecule has 0 atom stereocenters. The summed E-state index contributed by atoms with van der Waals surface area (Å²) in [6.07, 6.45) is 1.49. The maximum atomic E-state index is 13.9. The molecule has 1 aliphatic heterocycles. The first-order chi connectivity index (χ1) is 19.5. The number of aryl methyl sites for hydroxylation is 2. The highest BCUT2D eigenvalue weighted by atomic mass is 16.5. The molecule has 0 saturated carbocycles. The van der Waals surface area contributed by atoms with Gasteiger partial charge >= 0.3 is 0 Å². The van der Waals surface area contributed by atoms with Crippen LogP contribution in [0.25, 0.3) is 22.7 Å². The van der Waals surface area contributed by atoms with Crippen molar-refractivity contribution in [1.82, 2.24) is 29.5 Å². The predicted molar refractivity (Wildman–Crippen MR) is 150 cm³/mol. The molecule has 1 aliphatic rings. The Balaban J connectivity index is 1.31. The van der Waals surface area contributed by atoms with Crippen molar-refractivity contribution in [3.05, 3.63) is 118 Å². The first kappa shape index (κ1) is 23.6. The lowest BCUT2D eigenvalue weighted by Crippen LogP contribution is -2.26. The third kappa shape index (κ3) is 3.77. The van der Waals surface area contributed by atoms with Gasteiger partial charge in [-0.1, -0.05) is 54.6 Å². The molecule has 196 valence electrons. The fourth-order valence-electron chi connectivity index (χ4n) is 5.13. The van der Waals surface area contributed by atoms with Gasteiger partial charge in [0.2, 0.25) is 11.9 Å². The summed E-state index contributed by atoms with van der Waals surface area (Å²) in [6.45, 7) is 3.77. The Morgan fingerprint density at radius 3 is 2.33 bits per heavy atom. The van der Waals surface area contributed by atoms with Crippen molar-refractivity contribution < 1.29 is 9.53 Å². The molecule has 7 rings (SSSR count). The molecule has 3 aromatic heterocycles. The number of H-pyrrole nitrogens is 1. The molecule has 0 fully saturated rings. The Morgan fingerprint density at radius 2 is 1.60 bits per heavy atom. The Labute approximate surface area is 227 Å². The van der Waals surface area contributed by atoms with Crippen LogP contribution in [0.4, 0.5) is 5.82 Å². The molecular weight excluding hydrogens is 506 g/mol. The fourth-order valence-corrected chi connectivity index (χ4v) is 5.13. The molecule has 3 aromatic carbocycles. The standard InChI is InChI=1S/C30H23N7O3/c1-17-9-3-6-12-22(17)36-27-21(16-31-36)28(38)34-30(33-27)37-25(15-18(2)35-37)32-29(39)26-19-10-4-7-13-23(19)40-24-14-8-5-11-20(24)26/h3-16,26H,1-2H3,(H,32,39)(H,33,34,38). The lowest BCUT2D eigenvalue weighted by Gasteiger charge is -2.27. The van der Waals surface area contributed by atoms with E-state index in [9.17, 15) is 9.59 Å². The SMILES string of the molecule is Cc1cc(NC(=O)C2c3ccccc3Oc3ccccc32)n(-c2nc3c(cnn3-c3ccccc3C)c(=O)[nH]2)n1. The molecule has 10 nitrogen and oxygen atoms in total. The number of para-hydroxylation sites is 3. The summed E-state index contributed by atoms with van der Waals surface area (Å²) in [5, 5.41) is 12.3. The Hall–Kier alpha value is -5.51. The van der Waals surface area contributed by atoms with E-state index in [1.807, 2.05) is 79.7 Å². The summed E-state index contributed by atoms with van der Waals surface area (Å²) >= 11 is 0. The highest BCUT2D eigenvalue weighted by Crippen LogP contribution is 2.44. The largest absolute Gasteiger partial charge is 0.457 e. The van der Waals surface area contributed by atoms with Gasteiger partial charge in [-0.25, -0.2) is 4.68 Å². The third-order valence-electron chi connectivity index (χ3n) is 6.99. The summed E-state index contributed by atoms with van der Waals surface area (Å²) in [5.74, 6) is 0.913. The van der Waals surface area contributed by atoms with Crippen LogP contribution in [0.2, 0.25) is 0 Å². The van der Waals surface area contributed by atoms with Gasteiger partial charge in [0.05, 0.1) is 23.5 Å². The highest BCUT2D eigenvalue weighted by molar-refractivity contribution is 5.99. The maximum absolute atomic E-state index is 13.9. The molecular formula is C30H23N7O3. The van der Waals surface area contributed by atoms with E-state index in [4.69, 9.17) is 9.72 Å². The number of amides is 1. The molecule has 10 heteroatoms. The van der Waals surface area contributed by atoms with Gasteiger partial charge in [-0.3, -0.25) is 14.6 Å².